The number of nitrogens with two attached hydrogens (primary N) is 1. The lowest BCUT2D eigenvalue weighted by Crippen LogP contribution is -2.27. The lowest BCUT2D eigenvalue weighted by Gasteiger charge is -2.02. The van der Waals surface area contributed by atoms with Gasteiger partial charge in [-0.25, -0.2) is 0 Å². The van der Waals surface area contributed by atoms with Crippen LogP contribution in [0.3, 0.4) is 0 Å². The molecule has 1 unspecified atom stereocenters. The van der Waals surface area contributed by atoms with Gasteiger partial charge >= 0.3 is 0 Å². The summed E-state index contributed by atoms with van der Waals surface area (Å²) in [5.74, 6) is 0. The summed E-state index contributed by atoms with van der Waals surface area (Å²) in [6, 6.07) is -0.639. The Hall–Kier alpha value is -0.0000000000000000555. The van der Waals surface area contributed by atoms with E-state index >= 15 is 0 Å². The van der Waals surface area contributed by atoms with Crippen LogP contribution in [0, 0.1) is 0 Å². The maximum atomic E-state index is 10.4. The number of thiol groups is 2. The van der Waals surface area contributed by atoms with Gasteiger partial charge in [-0.3, -0.25) is 9.59 Å². The Labute approximate surface area is 70.2 Å². The number of hydrogen-bond acceptors (Lipinski definition) is 3. The number of carbonyl (C=O) groups is 2. The van der Waals surface area contributed by atoms with Crippen molar-refractivity contribution < 1.29 is 9.59 Å². The topological polar surface area (TPSA) is 60.2 Å². The van der Waals surface area contributed by atoms with Gasteiger partial charge in [0.25, 0.3) is 0 Å². The van der Waals surface area contributed by atoms with Crippen LogP contribution in [0.15, 0.2) is 0 Å². The SMILES string of the molecule is NC(CCC(=O)S)C(=O)S. The predicted octanol–water partition coefficient (Wildman–Crippen LogP) is 0.00670. The second-order valence-electron chi connectivity index (χ2n) is 1.88. The Morgan fingerprint density at radius 3 is 2.20 bits per heavy atom. The van der Waals surface area contributed by atoms with Crippen molar-refractivity contribution in [2.24, 2.45) is 5.73 Å². The van der Waals surface area contributed by atoms with Crippen LogP contribution in [0.25, 0.3) is 0 Å². The Morgan fingerprint density at radius 2 is 1.90 bits per heavy atom. The summed E-state index contributed by atoms with van der Waals surface area (Å²) in [6.07, 6.45) is 0.543. The van der Waals surface area contributed by atoms with Crippen molar-refractivity contribution in [1.82, 2.24) is 0 Å². The average Bonchev–Trinajstić information content (AvgIpc) is 1.82. The number of carbonyl (C=O) groups excluding carboxylic acids is 2. The van der Waals surface area contributed by atoms with Gasteiger partial charge in [0.05, 0.1) is 6.04 Å². The Balaban J connectivity index is 3.49. The molecule has 10 heavy (non-hydrogen) atoms. The minimum atomic E-state index is -0.639. The molecule has 1 atom stereocenters. The molecule has 58 valence electrons. The third-order valence-electron chi connectivity index (χ3n) is 0.986. The predicted molar refractivity (Wildman–Crippen MR) is 45.2 cm³/mol. The maximum Gasteiger partial charge on any atom is 0.202 e. The highest BCUT2D eigenvalue weighted by Gasteiger charge is 2.09. The van der Waals surface area contributed by atoms with Gasteiger partial charge in [-0.05, 0) is 6.42 Å². The summed E-state index contributed by atoms with van der Waals surface area (Å²) < 4.78 is 0. The van der Waals surface area contributed by atoms with E-state index in [4.69, 9.17) is 5.73 Å². The number of rotatable bonds is 4. The van der Waals surface area contributed by atoms with Crippen LogP contribution in [0.5, 0.6) is 0 Å². The van der Waals surface area contributed by atoms with Crippen molar-refractivity contribution in [3.63, 3.8) is 0 Å². The van der Waals surface area contributed by atoms with E-state index in [1.165, 1.54) is 0 Å². The van der Waals surface area contributed by atoms with Crippen molar-refractivity contribution in [1.29, 1.82) is 0 Å². The van der Waals surface area contributed by atoms with Crippen LogP contribution in [-0.2, 0) is 9.59 Å². The summed E-state index contributed by atoms with van der Waals surface area (Å²) in [5, 5.41) is -0.653. The van der Waals surface area contributed by atoms with E-state index in [1.807, 2.05) is 0 Å². The van der Waals surface area contributed by atoms with Gasteiger partial charge in [-0.2, -0.15) is 0 Å². The number of hydrogen-bond donors (Lipinski definition) is 3. The highest BCUT2D eigenvalue weighted by Crippen LogP contribution is 2.00. The highest BCUT2D eigenvalue weighted by molar-refractivity contribution is 7.97. The molecule has 0 bridgehead atoms. The van der Waals surface area contributed by atoms with Crippen molar-refractivity contribution >= 4 is 35.5 Å². The molecule has 0 aliphatic rings. The first kappa shape index (κ1) is 10.0. The van der Waals surface area contributed by atoms with Crippen LogP contribution in [0.2, 0.25) is 0 Å². The molecule has 5 heteroatoms. The molecule has 0 radical (unpaired) electrons. The fraction of sp³-hybridized carbons (Fsp3) is 0.600. The summed E-state index contributed by atoms with van der Waals surface area (Å²) in [5.41, 5.74) is 5.25. The summed E-state index contributed by atoms with van der Waals surface area (Å²) in [7, 11) is 0. The summed E-state index contributed by atoms with van der Waals surface area (Å²) >= 11 is 7.01. The standard InChI is InChI=1S/C5H9NO2S2/c6-3(5(8)10)1-2-4(7)9/h3H,1-2,6H2,(H,7,9)(H,8,10). The zero-order valence-electron chi connectivity index (χ0n) is 5.28. The van der Waals surface area contributed by atoms with E-state index in [-0.39, 0.29) is 11.5 Å². The molecule has 0 aromatic rings. The molecular formula is C5H9NO2S2. The van der Waals surface area contributed by atoms with Gasteiger partial charge in [-0.15, -0.1) is 25.3 Å². The molecule has 0 saturated heterocycles. The maximum absolute atomic E-state index is 10.4. The third kappa shape index (κ3) is 4.84. The molecule has 0 fully saturated rings. The van der Waals surface area contributed by atoms with Crippen molar-refractivity contribution in [3.8, 4) is 0 Å². The molecular weight excluding hydrogens is 170 g/mol. The molecule has 0 heterocycles. The molecule has 2 N–H and O–H groups in total. The second-order valence-corrected chi connectivity index (χ2v) is 2.82. The monoisotopic (exact) mass is 179 g/mol. The first-order valence-electron chi connectivity index (χ1n) is 2.74. The average molecular weight is 179 g/mol. The van der Waals surface area contributed by atoms with Crippen molar-refractivity contribution in [2.45, 2.75) is 18.9 Å². The molecule has 0 amide bonds. The highest BCUT2D eigenvalue weighted by atomic mass is 32.1. The zero-order valence-corrected chi connectivity index (χ0v) is 7.07. The largest absolute Gasteiger partial charge is 0.321 e. The Morgan fingerprint density at radius 1 is 1.40 bits per heavy atom. The fourth-order valence-corrected chi connectivity index (χ4v) is 0.661. The van der Waals surface area contributed by atoms with Crippen LogP contribution < -0.4 is 5.73 Å². The molecule has 0 saturated carbocycles. The first-order chi connectivity index (χ1) is 4.54. The lowest BCUT2D eigenvalue weighted by molar-refractivity contribution is -0.112. The van der Waals surface area contributed by atoms with Gasteiger partial charge in [0.15, 0.2) is 5.12 Å². The van der Waals surface area contributed by atoms with E-state index in [2.05, 4.69) is 25.3 Å². The Kier molecular flexibility index (Phi) is 4.76. The van der Waals surface area contributed by atoms with E-state index in [0.717, 1.165) is 0 Å². The molecule has 0 aromatic carbocycles. The van der Waals surface area contributed by atoms with Gasteiger partial charge in [-0.1, -0.05) is 0 Å². The van der Waals surface area contributed by atoms with E-state index in [0.29, 0.717) is 6.42 Å². The van der Waals surface area contributed by atoms with Crippen LogP contribution in [0.1, 0.15) is 12.8 Å². The van der Waals surface area contributed by atoms with Gasteiger partial charge in [0.1, 0.15) is 0 Å². The normalized spacial score (nSPS) is 12.7. The Bertz CT molecular complexity index is 149. The lowest BCUT2D eigenvalue weighted by atomic mass is 10.2. The molecule has 0 aliphatic carbocycles. The van der Waals surface area contributed by atoms with E-state index in [9.17, 15) is 9.59 Å². The van der Waals surface area contributed by atoms with E-state index in [1.54, 1.807) is 0 Å². The minimum absolute atomic E-state index is 0.219. The molecule has 3 nitrogen and oxygen atoms in total. The third-order valence-corrected chi connectivity index (χ3v) is 1.54. The van der Waals surface area contributed by atoms with Crippen LogP contribution in [-0.4, -0.2) is 16.3 Å². The van der Waals surface area contributed by atoms with Crippen LogP contribution >= 0.6 is 25.3 Å². The second kappa shape index (κ2) is 4.76. The molecule has 0 aromatic heterocycles. The van der Waals surface area contributed by atoms with Crippen molar-refractivity contribution in [2.75, 3.05) is 0 Å². The molecule has 0 spiro atoms. The van der Waals surface area contributed by atoms with Crippen LogP contribution in [0.4, 0.5) is 0 Å². The van der Waals surface area contributed by atoms with Crippen molar-refractivity contribution in [3.05, 3.63) is 0 Å². The van der Waals surface area contributed by atoms with E-state index < -0.39 is 11.2 Å². The zero-order chi connectivity index (χ0) is 8.15. The molecule has 0 aliphatic heterocycles. The molecule has 0 rings (SSSR count). The van der Waals surface area contributed by atoms with Gasteiger partial charge in [0, 0.05) is 6.42 Å². The summed E-state index contributed by atoms with van der Waals surface area (Å²) in [6.45, 7) is 0. The minimum Gasteiger partial charge on any atom is -0.321 e. The quantitative estimate of drug-likeness (QED) is 0.533. The smallest absolute Gasteiger partial charge is 0.202 e. The summed E-state index contributed by atoms with van der Waals surface area (Å²) in [4.78, 5) is 20.6. The first-order valence-corrected chi connectivity index (χ1v) is 3.63. The van der Waals surface area contributed by atoms with Gasteiger partial charge in [0.2, 0.25) is 5.12 Å². The van der Waals surface area contributed by atoms with Gasteiger partial charge < -0.3 is 5.73 Å². The fourth-order valence-electron chi connectivity index (χ4n) is 0.402.